The first-order valence-electron chi connectivity index (χ1n) is 6.77. The molecule has 20 heavy (non-hydrogen) atoms. The van der Waals surface area contributed by atoms with E-state index in [0.717, 1.165) is 28.6 Å². The summed E-state index contributed by atoms with van der Waals surface area (Å²) in [6.45, 7) is 6.67. The molecule has 1 rings (SSSR count). The summed E-state index contributed by atoms with van der Waals surface area (Å²) in [5, 5.41) is 4.01. The second-order valence-corrected chi connectivity index (χ2v) is 6.45. The highest BCUT2D eigenvalue weighted by molar-refractivity contribution is 7.99. The number of carbonyl (C=O) groups is 1. The van der Waals surface area contributed by atoms with Gasteiger partial charge in [0.25, 0.3) is 0 Å². The Balaban J connectivity index is 2.25. The Kier molecular flexibility index (Phi) is 7.41. The van der Waals surface area contributed by atoms with Crippen molar-refractivity contribution in [1.29, 1.82) is 0 Å². The van der Waals surface area contributed by atoms with Crippen LogP contribution in [0.3, 0.4) is 0 Å². The van der Waals surface area contributed by atoms with E-state index in [9.17, 15) is 4.79 Å². The first-order chi connectivity index (χ1) is 9.47. The molecule has 1 aromatic rings. The number of hydrogen-bond acceptors (Lipinski definition) is 4. The van der Waals surface area contributed by atoms with Crippen LogP contribution in [0.5, 0.6) is 0 Å². The van der Waals surface area contributed by atoms with Gasteiger partial charge in [-0.15, -0.1) is 11.8 Å². The summed E-state index contributed by atoms with van der Waals surface area (Å²) in [6, 6.07) is 7.82. The van der Waals surface area contributed by atoms with E-state index in [4.69, 9.17) is 16.3 Å². The summed E-state index contributed by atoms with van der Waals surface area (Å²) in [5.41, 5.74) is -0.634. The molecule has 0 heterocycles. The highest BCUT2D eigenvalue weighted by atomic mass is 35.5. The van der Waals surface area contributed by atoms with E-state index in [2.05, 4.69) is 5.32 Å². The fourth-order valence-corrected chi connectivity index (χ4v) is 2.79. The van der Waals surface area contributed by atoms with Crippen LogP contribution in [0.1, 0.15) is 27.2 Å². The van der Waals surface area contributed by atoms with Gasteiger partial charge in [0.1, 0.15) is 5.54 Å². The summed E-state index contributed by atoms with van der Waals surface area (Å²) in [7, 11) is 0. The molecule has 0 unspecified atom stereocenters. The zero-order valence-electron chi connectivity index (χ0n) is 12.2. The Morgan fingerprint density at radius 2 is 2.10 bits per heavy atom. The SMILES string of the molecule is CCOC(=O)C(C)(C)NCCCSc1ccccc1Cl. The molecule has 0 aliphatic rings. The third-order valence-corrected chi connectivity index (χ3v) is 4.37. The van der Waals surface area contributed by atoms with Gasteiger partial charge in [0.15, 0.2) is 0 Å². The molecular formula is C15H22ClNO2S. The van der Waals surface area contributed by atoms with Gasteiger partial charge in [0.05, 0.1) is 11.6 Å². The van der Waals surface area contributed by atoms with Gasteiger partial charge in [-0.1, -0.05) is 23.7 Å². The number of thioether (sulfide) groups is 1. The highest BCUT2D eigenvalue weighted by Gasteiger charge is 2.27. The van der Waals surface area contributed by atoms with Crippen molar-refractivity contribution in [3.8, 4) is 0 Å². The topological polar surface area (TPSA) is 38.3 Å². The van der Waals surface area contributed by atoms with Crippen LogP contribution in [0.2, 0.25) is 5.02 Å². The molecule has 0 aromatic heterocycles. The largest absolute Gasteiger partial charge is 0.465 e. The van der Waals surface area contributed by atoms with Crippen LogP contribution in [0.25, 0.3) is 0 Å². The Labute approximate surface area is 130 Å². The van der Waals surface area contributed by atoms with Gasteiger partial charge >= 0.3 is 5.97 Å². The summed E-state index contributed by atoms with van der Waals surface area (Å²) in [4.78, 5) is 12.8. The van der Waals surface area contributed by atoms with Crippen LogP contribution in [0, 0.1) is 0 Å². The van der Waals surface area contributed by atoms with Crippen LogP contribution < -0.4 is 5.32 Å². The third-order valence-electron chi connectivity index (χ3n) is 2.77. The van der Waals surface area contributed by atoms with Crippen molar-refractivity contribution in [2.45, 2.75) is 37.6 Å². The molecular weight excluding hydrogens is 294 g/mol. The molecule has 0 aliphatic carbocycles. The van der Waals surface area contributed by atoms with Crippen LogP contribution in [0.4, 0.5) is 0 Å². The number of nitrogens with one attached hydrogen (secondary N) is 1. The van der Waals surface area contributed by atoms with E-state index in [-0.39, 0.29) is 5.97 Å². The molecule has 0 atom stereocenters. The fraction of sp³-hybridized carbons (Fsp3) is 0.533. The minimum absolute atomic E-state index is 0.209. The number of rotatable bonds is 8. The van der Waals surface area contributed by atoms with Gasteiger partial charge in [-0.25, -0.2) is 0 Å². The van der Waals surface area contributed by atoms with Gasteiger partial charge in [0, 0.05) is 4.90 Å². The Morgan fingerprint density at radius 1 is 1.40 bits per heavy atom. The zero-order chi connectivity index (χ0) is 15.0. The Hall–Kier alpha value is -0.710. The van der Waals surface area contributed by atoms with Gasteiger partial charge in [0.2, 0.25) is 0 Å². The first-order valence-corrected chi connectivity index (χ1v) is 8.13. The third kappa shape index (κ3) is 5.73. The van der Waals surface area contributed by atoms with Crippen molar-refractivity contribution in [3.05, 3.63) is 29.3 Å². The van der Waals surface area contributed by atoms with E-state index in [1.54, 1.807) is 11.8 Å². The lowest BCUT2D eigenvalue weighted by Crippen LogP contribution is -2.48. The molecule has 0 aliphatic heterocycles. The van der Waals surface area contributed by atoms with Crippen molar-refractivity contribution in [3.63, 3.8) is 0 Å². The predicted octanol–water partition coefficient (Wildman–Crippen LogP) is 3.75. The maximum atomic E-state index is 11.7. The van der Waals surface area contributed by atoms with Crippen molar-refractivity contribution in [2.24, 2.45) is 0 Å². The monoisotopic (exact) mass is 315 g/mol. The molecule has 1 N–H and O–H groups in total. The molecule has 0 amide bonds. The standard InChI is InChI=1S/C15H22ClNO2S/c1-4-19-14(18)15(2,3)17-10-7-11-20-13-9-6-5-8-12(13)16/h5-6,8-9,17H,4,7,10-11H2,1-3H3. The van der Waals surface area contributed by atoms with Crippen LogP contribution in [-0.2, 0) is 9.53 Å². The van der Waals surface area contributed by atoms with Gasteiger partial charge in [-0.2, -0.15) is 0 Å². The highest BCUT2D eigenvalue weighted by Crippen LogP contribution is 2.26. The number of hydrogen-bond donors (Lipinski definition) is 1. The average molecular weight is 316 g/mol. The van der Waals surface area contributed by atoms with E-state index < -0.39 is 5.54 Å². The van der Waals surface area contributed by atoms with E-state index >= 15 is 0 Å². The minimum Gasteiger partial charge on any atom is -0.465 e. The van der Waals surface area contributed by atoms with E-state index in [0.29, 0.717) is 6.61 Å². The van der Waals surface area contributed by atoms with E-state index in [1.165, 1.54) is 0 Å². The fourth-order valence-electron chi connectivity index (χ4n) is 1.60. The summed E-state index contributed by atoms with van der Waals surface area (Å²) >= 11 is 7.82. The molecule has 112 valence electrons. The number of esters is 1. The van der Waals surface area contributed by atoms with Gasteiger partial charge in [-0.3, -0.25) is 4.79 Å². The number of halogens is 1. The van der Waals surface area contributed by atoms with Crippen LogP contribution in [-0.4, -0.2) is 30.4 Å². The molecule has 0 bridgehead atoms. The van der Waals surface area contributed by atoms with Crippen molar-refractivity contribution >= 4 is 29.3 Å². The smallest absolute Gasteiger partial charge is 0.325 e. The summed E-state index contributed by atoms with van der Waals surface area (Å²) < 4.78 is 5.02. The minimum atomic E-state index is -0.634. The lowest BCUT2D eigenvalue weighted by Gasteiger charge is -2.23. The second kappa shape index (κ2) is 8.55. The predicted molar refractivity (Wildman–Crippen MR) is 85.5 cm³/mol. The van der Waals surface area contributed by atoms with Crippen molar-refractivity contribution in [2.75, 3.05) is 18.9 Å². The molecule has 0 fully saturated rings. The Morgan fingerprint density at radius 3 is 2.75 bits per heavy atom. The van der Waals surface area contributed by atoms with Crippen LogP contribution in [0.15, 0.2) is 29.2 Å². The van der Waals surface area contributed by atoms with E-state index in [1.807, 2.05) is 45.0 Å². The summed E-state index contributed by atoms with van der Waals surface area (Å²) in [6.07, 6.45) is 0.957. The quantitative estimate of drug-likeness (QED) is 0.450. The number of benzene rings is 1. The van der Waals surface area contributed by atoms with Crippen molar-refractivity contribution < 1.29 is 9.53 Å². The molecule has 0 saturated carbocycles. The molecule has 1 aromatic carbocycles. The molecule has 0 saturated heterocycles. The van der Waals surface area contributed by atoms with Gasteiger partial charge in [-0.05, 0) is 51.6 Å². The molecule has 3 nitrogen and oxygen atoms in total. The number of ether oxygens (including phenoxy) is 1. The zero-order valence-corrected chi connectivity index (χ0v) is 13.8. The molecule has 0 radical (unpaired) electrons. The molecule has 0 spiro atoms. The Bertz CT molecular complexity index is 438. The lowest BCUT2D eigenvalue weighted by atomic mass is 10.1. The average Bonchev–Trinajstić information content (AvgIpc) is 2.40. The first kappa shape index (κ1) is 17.3. The summed E-state index contributed by atoms with van der Waals surface area (Å²) in [5.74, 6) is 0.745. The second-order valence-electron chi connectivity index (χ2n) is 4.90. The molecule has 5 heteroatoms. The van der Waals surface area contributed by atoms with Gasteiger partial charge < -0.3 is 10.1 Å². The normalized spacial score (nSPS) is 11.4. The number of carbonyl (C=O) groups excluding carboxylic acids is 1. The van der Waals surface area contributed by atoms with Crippen molar-refractivity contribution in [1.82, 2.24) is 5.32 Å². The maximum absolute atomic E-state index is 11.7. The maximum Gasteiger partial charge on any atom is 0.325 e. The lowest BCUT2D eigenvalue weighted by molar-refractivity contribution is -0.149. The van der Waals surface area contributed by atoms with Crippen LogP contribution >= 0.6 is 23.4 Å².